The standard InChI is InChI=1S/C32H35N5O3/c1-7-10-21-11-8-9-12-23(21)18-37-27(16-22-13-14-25(20(4)33)34-30(22)37)31-35-26-15-24(32(38)40-19(2)3)17-28(39-6)29(26)36(31)5/h7-9,11-17,19-20H,1,10,18,33H2,2-6H3/t20-/m1/s1. The molecular formula is C32H35N5O3. The first-order chi connectivity index (χ1) is 19.2. The fraction of sp³-hybridized carbons (Fsp3) is 0.281. The summed E-state index contributed by atoms with van der Waals surface area (Å²) in [6, 6.07) is 17.7. The molecule has 206 valence electrons. The lowest BCUT2D eigenvalue weighted by molar-refractivity contribution is 0.0377. The van der Waals surface area contributed by atoms with E-state index in [2.05, 4.69) is 35.4 Å². The highest BCUT2D eigenvalue weighted by Gasteiger charge is 2.23. The molecule has 0 saturated carbocycles. The second kappa shape index (κ2) is 11.0. The Morgan fingerprint density at radius 1 is 1.07 bits per heavy atom. The van der Waals surface area contributed by atoms with Gasteiger partial charge in [0.25, 0.3) is 0 Å². The zero-order chi connectivity index (χ0) is 28.6. The number of fused-ring (bicyclic) bond motifs is 2. The van der Waals surface area contributed by atoms with Gasteiger partial charge in [0.1, 0.15) is 16.9 Å². The molecule has 3 heterocycles. The average Bonchev–Trinajstić information content (AvgIpc) is 3.45. The normalized spacial score (nSPS) is 12.3. The minimum atomic E-state index is -0.414. The van der Waals surface area contributed by atoms with Gasteiger partial charge in [0.2, 0.25) is 0 Å². The van der Waals surface area contributed by atoms with E-state index in [1.807, 2.05) is 56.7 Å². The Bertz CT molecular complexity index is 1730. The van der Waals surface area contributed by atoms with Crippen LogP contribution in [0.5, 0.6) is 5.75 Å². The number of carbonyl (C=O) groups excluding carboxylic acids is 1. The number of benzene rings is 2. The van der Waals surface area contributed by atoms with Crippen LogP contribution in [-0.2, 0) is 24.8 Å². The van der Waals surface area contributed by atoms with Crippen molar-refractivity contribution in [1.82, 2.24) is 19.1 Å². The highest BCUT2D eigenvalue weighted by atomic mass is 16.5. The number of esters is 1. The summed E-state index contributed by atoms with van der Waals surface area (Å²) in [5.41, 5.74) is 12.9. The maximum Gasteiger partial charge on any atom is 0.338 e. The quantitative estimate of drug-likeness (QED) is 0.184. The predicted molar refractivity (Wildman–Crippen MR) is 159 cm³/mol. The minimum absolute atomic E-state index is 0.201. The van der Waals surface area contributed by atoms with E-state index in [9.17, 15) is 4.79 Å². The van der Waals surface area contributed by atoms with Gasteiger partial charge in [0, 0.05) is 18.5 Å². The lowest BCUT2D eigenvalue weighted by Gasteiger charge is -2.14. The minimum Gasteiger partial charge on any atom is -0.494 e. The molecule has 0 aliphatic rings. The van der Waals surface area contributed by atoms with Crippen molar-refractivity contribution < 1.29 is 14.3 Å². The topological polar surface area (TPSA) is 97.2 Å². The Kier molecular flexibility index (Phi) is 7.45. The van der Waals surface area contributed by atoms with Crippen LogP contribution in [0.25, 0.3) is 33.6 Å². The molecular weight excluding hydrogens is 502 g/mol. The fourth-order valence-corrected chi connectivity index (χ4v) is 5.07. The van der Waals surface area contributed by atoms with Gasteiger partial charge >= 0.3 is 5.97 Å². The van der Waals surface area contributed by atoms with Crippen LogP contribution in [0.2, 0.25) is 0 Å². The number of pyridine rings is 1. The molecule has 8 nitrogen and oxygen atoms in total. The number of hydrogen-bond donors (Lipinski definition) is 1. The summed E-state index contributed by atoms with van der Waals surface area (Å²) in [4.78, 5) is 22.7. The van der Waals surface area contributed by atoms with Gasteiger partial charge in [-0.1, -0.05) is 30.3 Å². The smallest absolute Gasteiger partial charge is 0.338 e. The molecule has 5 aromatic rings. The highest BCUT2D eigenvalue weighted by molar-refractivity contribution is 5.97. The number of carbonyl (C=O) groups is 1. The third-order valence-corrected chi connectivity index (χ3v) is 7.00. The van der Waals surface area contributed by atoms with Crippen LogP contribution >= 0.6 is 0 Å². The van der Waals surface area contributed by atoms with E-state index >= 15 is 0 Å². The monoisotopic (exact) mass is 537 g/mol. The van der Waals surface area contributed by atoms with Crippen LogP contribution in [0, 0.1) is 0 Å². The Morgan fingerprint density at radius 3 is 2.50 bits per heavy atom. The summed E-state index contributed by atoms with van der Waals surface area (Å²) < 4.78 is 15.3. The first-order valence-corrected chi connectivity index (χ1v) is 13.4. The second-order valence-corrected chi connectivity index (χ2v) is 10.3. The molecule has 0 bridgehead atoms. The van der Waals surface area contributed by atoms with Crippen LogP contribution in [-0.4, -0.2) is 38.3 Å². The summed E-state index contributed by atoms with van der Waals surface area (Å²) in [6.45, 7) is 10.1. The third kappa shape index (κ3) is 4.98. The van der Waals surface area contributed by atoms with Crippen molar-refractivity contribution in [3.8, 4) is 17.3 Å². The molecule has 40 heavy (non-hydrogen) atoms. The van der Waals surface area contributed by atoms with E-state index in [1.54, 1.807) is 19.2 Å². The number of allylic oxidation sites excluding steroid dienone is 1. The first kappa shape index (κ1) is 27.1. The maximum atomic E-state index is 12.7. The number of aryl methyl sites for hydroxylation is 1. The summed E-state index contributed by atoms with van der Waals surface area (Å²) in [7, 11) is 3.54. The Labute approximate surface area is 234 Å². The van der Waals surface area contributed by atoms with Gasteiger partial charge in [-0.05, 0) is 68.7 Å². The first-order valence-electron chi connectivity index (χ1n) is 13.4. The molecule has 0 saturated heterocycles. The largest absolute Gasteiger partial charge is 0.494 e. The number of methoxy groups -OCH3 is 1. The highest BCUT2D eigenvalue weighted by Crippen LogP contribution is 2.35. The SMILES string of the molecule is C=CCc1ccccc1Cn1c(-c2nc3cc(C(=O)OC(C)C)cc(OC)c3n2C)cc2ccc([C@@H](C)N)nc21. The number of hydrogen-bond acceptors (Lipinski definition) is 6. The number of aromatic nitrogens is 4. The van der Waals surface area contributed by atoms with Gasteiger partial charge in [0.05, 0.1) is 42.2 Å². The molecule has 0 fully saturated rings. The molecule has 3 aromatic heterocycles. The van der Waals surface area contributed by atoms with Crippen LogP contribution in [0.4, 0.5) is 0 Å². The number of rotatable bonds is 9. The summed E-state index contributed by atoms with van der Waals surface area (Å²) >= 11 is 0. The molecule has 0 aliphatic carbocycles. The molecule has 0 spiro atoms. The Balaban J connectivity index is 1.74. The van der Waals surface area contributed by atoms with Crippen LogP contribution < -0.4 is 10.5 Å². The molecule has 0 amide bonds. The fourth-order valence-electron chi connectivity index (χ4n) is 5.07. The van der Waals surface area contributed by atoms with E-state index in [4.69, 9.17) is 25.2 Å². The molecule has 2 aromatic carbocycles. The van der Waals surface area contributed by atoms with Gasteiger partial charge in [0.15, 0.2) is 5.82 Å². The maximum absolute atomic E-state index is 12.7. The lowest BCUT2D eigenvalue weighted by atomic mass is 10.0. The lowest BCUT2D eigenvalue weighted by Crippen LogP contribution is -2.11. The van der Waals surface area contributed by atoms with Gasteiger partial charge in [-0.25, -0.2) is 14.8 Å². The van der Waals surface area contributed by atoms with Gasteiger partial charge in [-0.3, -0.25) is 0 Å². The summed E-state index contributed by atoms with van der Waals surface area (Å²) in [5.74, 6) is 0.859. The molecule has 2 N–H and O–H groups in total. The van der Waals surface area contributed by atoms with Crippen molar-refractivity contribution in [3.63, 3.8) is 0 Å². The second-order valence-electron chi connectivity index (χ2n) is 10.3. The van der Waals surface area contributed by atoms with E-state index in [0.717, 1.165) is 40.2 Å². The van der Waals surface area contributed by atoms with Crippen molar-refractivity contribution in [2.45, 2.75) is 45.9 Å². The molecule has 0 unspecified atom stereocenters. The molecule has 1 atom stereocenters. The number of ether oxygens (including phenoxy) is 2. The number of imidazole rings is 1. The third-order valence-electron chi connectivity index (χ3n) is 7.00. The van der Waals surface area contributed by atoms with Crippen LogP contribution in [0.15, 0.2) is 67.3 Å². The van der Waals surface area contributed by atoms with E-state index in [1.165, 1.54) is 11.1 Å². The van der Waals surface area contributed by atoms with E-state index in [-0.39, 0.29) is 12.1 Å². The van der Waals surface area contributed by atoms with Crippen LogP contribution in [0.3, 0.4) is 0 Å². The molecule has 0 aliphatic heterocycles. The summed E-state index contributed by atoms with van der Waals surface area (Å²) in [5, 5.41) is 0.987. The number of nitrogens with two attached hydrogens (primary N) is 1. The van der Waals surface area contributed by atoms with E-state index in [0.29, 0.717) is 23.4 Å². The Morgan fingerprint density at radius 2 is 1.82 bits per heavy atom. The van der Waals surface area contributed by atoms with Crippen molar-refractivity contribution in [1.29, 1.82) is 0 Å². The molecule has 8 heteroatoms. The van der Waals surface area contributed by atoms with Crippen molar-refractivity contribution in [2.75, 3.05) is 7.11 Å². The van der Waals surface area contributed by atoms with Crippen molar-refractivity contribution >= 4 is 28.0 Å². The predicted octanol–water partition coefficient (Wildman–Crippen LogP) is 5.96. The van der Waals surface area contributed by atoms with Crippen molar-refractivity contribution in [2.24, 2.45) is 12.8 Å². The van der Waals surface area contributed by atoms with E-state index < -0.39 is 5.97 Å². The number of nitrogens with zero attached hydrogens (tertiary/aromatic N) is 4. The van der Waals surface area contributed by atoms with Crippen LogP contribution in [0.1, 0.15) is 54.0 Å². The molecule has 5 rings (SSSR count). The van der Waals surface area contributed by atoms with Gasteiger partial charge in [-0.2, -0.15) is 0 Å². The van der Waals surface area contributed by atoms with Gasteiger partial charge in [-0.15, -0.1) is 6.58 Å². The van der Waals surface area contributed by atoms with Crippen molar-refractivity contribution in [3.05, 3.63) is 89.6 Å². The molecule has 0 radical (unpaired) electrons. The zero-order valence-corrected chi connectivity index (χ0v) is 23.6. The Hall–Kier alpha value is -4.43. The average molecular weight is 538 g/mol. The zero-order valence-electron chi connectivity index (χ0n) is 23.6. The van der Waals surface area contributed by atoms with Gasteiger partial charge < -0.3 is 24.3 Å². The summed E-state index contributed by atoms with van der Waals surface area (Å²) in [6.07, 6.45) is 2.45.